The molecule has 0 saturated heterocycles. The van der Waals surface area contributed by atoms with Crippen LogP contribution in [0.25, 0.3) is 11.4 Å². The molecule has 1 spiro atoms. The smallest absolute Gasteiger partial charge is 0.270 e. The molecule has 32 heavy (non-hydrogen) atoms. The third-order valence-electron chi connectivity index (χ3n) is 8.03. The maximum absolute atomic E-state index is 13.8. The Labute approximate surface area is 193 Å². The molecule has 5 nitrogen and oxygen atoms in total. The van der Waals surface area contributed by atoms with Crippen molar-refractivity contribution in [3.63, 3.8) is 0 Å². The summed E-state index contributed by atoms with van der Waals surface area (Å²) in [4.78, 5) is 21.7. The van der Waals surface area contributed by atoms with Crippen molar-refractivity contribution in [2.24, 2.45) is 5.92 Å². The monoisotopic (exact) mass is 446 g/mol. The summed E-state index contributed by atoms with van der Waals surface area (Å²) in [6.07, 6.45) is 10.8. The number of anilines is 1. The van der Waals surface area contributed by atoms with Crippen LogP contribution in [0.2, 0.25) is 0 Å². The van der Waals surface area contributed by atoms with Gasteiger partial charge in [0.25, 0.3) is 5.91 Å². The molecule has 6 rings (SSSR count). The largest absolute Gasteiger partial charge is 0.273 e. The number of hydrogen-bond donors (Lipinski definition) is 0. The van der Waals surface area contributed by atoms with Crippen LogP contribution in [0.1, 0.15) is 73.0 Å². The molecule has 1 amide bonds. The molecular weight excluding hydrogens is 416 g/mol. The highest BCUT2D eigenvalue weighted by molar-refractivity contribution is 7.12. The molecule has 0 radical (unpaired) electrons. The maximum atomic E-state index is 13.8. The van der Waals surface area contributed by atoms with Crippen molar-refractivity contribution >= 4 is 23.2 Å². The fraction of sp³-hybridized carbons (Fsp3) is 0.500. The molecule has 3 aliphatic rings. The Hall–Kier alpha value is -2.47. The summed E-state index contributed by atoms with van der Waals surface area (Å²) in [7, 11) is 0. The van der Waals surface area contributed by atoms with Crippen LogP contribution in [-0.4, -0.2) is 26.7 Å². The van der Waals surface area contributed by atoms with E-state index in [1.807, 2.05) is 28.5 Å². The van der Waals surface area contributed by atoms with Gasteiger partial charge in [-0.25, -0.2) is 4.68 Å². The van der Waals surface area contributed by atoms with E-state index in [9.17, 15) is 4.79 Å². The van der Waals surface area contributed by atoms with E-state index in [1.54, 1.807) is 0 Å². The van der Waals surface area contributed by atoms with E-state index in [1.165, 1.54) is 55.4 Å². The summed E-state index contributed by atoms with van der Waals surface area (Å²) in [5, 5.41) is 7.17. The Balaban J connectivity index is 1.56. The second-order valence-electron chi connectivity index (χ2n) is 9.74. The van der Waals surface area contributed by atoms with Crippen molar-refractivity contribution in [3.8, 4) is 11.4 Å². The quantitative estimate of drug-likeness (QED) is 0.471. The minimum absolute atomic E-state index is 0.00116. The molecule has 2 atom stereocenters. The summed E-state index contributed by atoms with van der Waals surface area (Å²) >= 11 is 1.52. The Kier molecular flexibility index (Phi) is 4.94. The standard InChI is InChI=1S/C26H30N4OS/c1-18-10-3-4-11-19(18)23-27-25-29(24(31)22-14-9-17-32-22)21-13-6-5-12-20(21)26(30(25)28-23)15-7-2-8-16-26/h3-4,9-11,14,17,20-21H,2,5-8,12-13,15-16H2,1H3/t20-,21+/m1/s1. The lowest BCUT2D eigenvalue weighted by atomic mass is 9.64. The average Bonchev–Trinajstić information content (AvgIpc) is 3.51. The zero-order valence-electron chi connectivity index (χ0n) is 18.7. The van der Waals surface area contributed by atoms with Crippen molar-refractivity contribution in [1.82, 2.24) is 14.8 Å². The third-order valence-corrected chi connectivity index (χ3v) is 8.89. The number of amides is 1. The molecule has 0 N–H and O–H groups in total. The molecule has 6 heteroatoms. The Morgan fingerprint density at radius 3 is 2.62 bits per heavy atom. The molecule has 2 aliphatic carbocycles. The van der Waals surface area contributed by atoms with Gasteiger partial charge in [-0.15, -0.1) is 16.4 Å². The molecule has 1 aromatic carbocycles. The van der Waals surface area contributed by atoms with Gasteiger partial charge < -0.3 is 0 Å². The number of carbonyl (C=O) groups is 1. The number of hydrogen-bond acceptors (Lipinski definition) is 4. The normalized spacial score (nSPS) is 24.2. The van der Waals surface area contributed by atoms with Crippen LogP contribution in [0.4, 0.5) is 5.95 Å². The van der Waals surface area contributed by atoms with Gasteiger partial charge in [0, 0.05) is 17.5 Å². The van der Waals surface area contributed by atoms with Gasteiger partial charge in [-0.05, 0) is 49.6 Å². The van der Waals surface area contributed by atoms with Crippen LogP contribution in [0.15, 0.2) is 41.8 Å². The summed E-state index contributed by atoms with van der Waals surface area (Å²) in [5.41, 5.74) is 2.23. The molecule has 0 unspecified atom stereocenters. The van der Waals surface area contributed by atoms with Gasteiger partial charge in [0.1, 0.15) is 0 Å². The van der Waals surface area contributed by atoms with Gasteiger partial charge in [-0.2, -0.15) is 4.98 Å². The van der Waals surface area contributed by atoms with Crippen LogP contribution in [0.3, 0.4) is 0 Å². The number of thiophene rings is 1. The molecule has 0 bridgehead atoms. The van der Waals surface area contributed by atoms with Crippen LogP contribution < -0.4 is 4.90 Å². The average molecular weight is 447 g/mol. The van der Waals surface area contributed by atoms with Gasteiger partial charge in [-0.3, -0.25) is 9.69 Å². The zero-order valence-corrected chi connectivity index (χ0v) is 19.5. The van der Waals surface area contributed by atoms with Gasteiger partial charge in [0.2, 0.25) is 5.95 Å². The predicted octanol–water partition coefficient (Wildman–Crippen LogP) is 6.19. The lowest BCUT2D eigenvalue weighted by Gasteiger charge is -2.55. The Morgan fingerprint density at radius 1 is 1.03 bits per heavy atom. The second-order valence-corrected chi connectivity index (χ2v) is 10.7. The highest BCUT2D eigenvalue weighted by Gasteiger charge is 2.55. The highest BCUT2D eigenvalue weighted by atomic mass is 32.1. The number of nitrogens with zero attached hydrogens (tertiary/aromatic N) is 4. The summed E-state index contributed by atoms with van der Waals surface area (Å²) in [5.74, 6) is 2.07. The maximum Gasteiger partial charge on any atom is 0.270 e. The van der Waals surface area contributed by atoms with E-state index in [4.69, 9.17) is 10.1 Å². The predicted molar refractivity (Wildman–Crippen MR) is 128 cm³/mol. The first-order valence-electron chi connectivity index (χ1n) is 12.1. The summed E-state index contributed by atoms with van der Waals surface area (Å²) in [6.45, 7) is 2.11. The van der Waals surface area contributed by atoms with E-state index in [0.29, 0.717) is 5.92 Å². The third kappa shape index (κ3) is 2.99. The summed E-state index contributed by atoms with van der Waals surface area (Å²) < 4.78 is 2.21. The van der Waals surface area contributed by atoms with Crippen molar-refractivity contribution in [2.45, 2.75) is 76.3 Å². The number of aromatic nitrogens is 3. The van der Waals surface area contributed by atoms with Crippen molar-refractivity contribution < 1.29 is 4.79 Å². The number of rotatable bonds is 2. The van der Waals surface area contributed by atoms with Gasteiger partial charge in [0.05, 0.1) is 10.4 Å². The van der Waals surface area contributed by atoms with Gasteiger partial charge in [0.15, 0.2) is 5.82 Å². The fourth-order valence-corrected chi connectivity index (χ4v) is 7.22. The van der Waals surface area contributed by atoms with Crippen molar-refractivity contribution in [3.05, 3.63) is 52.2 Å². The minimum atomic E-state index is -0.00116. The number of benzene rings is 1. The van der Waals surface area contributed by atoms with Crippen molar-refractivity contribution in [1.29, 1.82) is 0 Å². The minimum Gasteiger partial charge on any atom is -0.273 e. The van der Waals surface area contributed by atoms with Crippen LogP contribution in [-0.2, 0) is 5.54 Å². The molecule has 3 heterocycles. The van der Waals surface area contributed by atoms with E-state index in [-0.39, 0.29) is 17.5 Å². The molecule has 1 aliphatic heterocycles. The molecule has 2 aromatic heterocycles. The second kappa shape index (κ2) is 7.84. The first-order valence-corrected chi connectivity index (χ1v) is 13.0. The number of aryl methyl sites for hydroxylation is 1. The van der Waals surface area contributed by atoms with E-state index < -0.39 is 0 Å². The van der Waals surface area contributed by atoms with Gasteiger partial charge in [-0.1, -0.05) is 62.4 Å². The molecule has 3 aromatic rings. The molecule has 2 saturated carbocycles. The number of carbonyl (C=O) groups excluding carboxylic acids is 1. The van der Waals surface area contributed by atoms with Gasteiger partial charge >= 0.3 is 0 Å². The Bertz CT molecular complexity index is 1130. The Morgan fingerprint density at radius 2 is 1.84 bits per heavy atom. The van der Waals surface area contributed by atoms with Crippen LogP contribution >= 0.6 is 11.3 Å². The van der Waals surface area contributed by atoms with E-state index in [2.05, 4.69) is 29.8 Å². The topological polar surface area (TPSA) is 51.0 Å². The van der Waals surface area contributed by atoms with Crippen LogP contribution in [0, 0.1) is 12.8 Å². The lowest BCUT2D eigenvalue weighted by Crippen LogP contribution is -2.61. The first kappa shape index (κ1) is 20.2. The first-order chi connectivity index (χ1) is 15.7. The lowest BCUT2D eigenvalue weighted by molar-refractivity contribution is 0.0315. The number of fused-ring (bicyclic) bond motifs is 4. The van der Waals surface area contributed by atoms with Crippen molar-refractivity contribution in [2.75, 3.05) is 4.90 Å². The van der Waals surface area contributed by atoms with E-state index in [0.717, 1.165) is 41.5 Å². The fourth-order valence-electron chi connectivity index (χ4n) is 6.56. The SMILES string of the molecule is Cc1ccccc1-c1nc2n(n1)C1(CCCCC1)[C@@H]1CCCC[C@@H]1N2C(=O)c1cccs1. The molecule has 2 fully saturated rings. The highest BCUT2D eigenvalue weighted by Crippen LogP contribution is 2.53. The summed E-state index contributed by atoms with van der Waals surface area (Å²) in [6, 6.07) is 12.4. The zero-order chi connectivity index (χ0) is 21.7. The van der Waals surface area contributed by atoms with Crippen LogP contribution in [0.5, 0.6) is 0 Å². The molecular formula is C26H30N4OS. The molecule has 166 valence electrons. The van der Waals surface area contributed by atoms with E-state index >= 15 is 0 Å².